The molecule has 0 saturated heterocycles. The van der Waals surface area contributed by atoms with Crippen LogP contribution in [0.15, 0.2) is 12.1 Å². The van der Waals surface area contributed by atoms with E-state index in [1.54, 1.807) is 12.1 Å². The Morgan fingerprint density at radius 2 is 2.14 bits per heavy atom. The molecule has 74 valence electrons. The maximum absolute atomic E-state index is 8.73. The van der Waals surface area contributed by atoms with Gasteiger partial charge in [-0.15, -0.1) is 0 Å². The molecule has 0 aromatic heterocycles. The van der Waals surface area contributed by atoms with Gasteiger partial charge in [-0.05, 0) is 6.92 Å². The number of hydrogen-bond acceptors (Lipinski definition) is 3. The molecule has 1 aromatic rings. The van der Waals surface area contributed by atoms with E-state index in [4.69, 9.17) is 26.3 Å². The van der Waals surface area contributed by atoms with Crippen molar-refractivity contribution in [2.24, 2.45) is 0 Å². The molecular formula is C10H10ClNO2. The number of hydrogen-bond donors (Lipinski definition) is 0. The number of benzene rings is 1. The molecule has 1 aromatic carbocycles. The van der Waals surface area contributed by atoms with Gasteiger partial charge in [0.05, 0.1) is 24.3 Å². The zero-order valence-corrected chi connectivity index (χ0v) is 8.76. The molecule has 0 unspecified atom stereocenters. The van der Waals surface area contributed by atoms with Gasteiger partial charge in [0.1, 0.15) is 6.07 Å². The minimum Gasteiger partial charge on any atom is -0.493 e. The van der Waals surface area contributed by atoms with Gasteiger partial charge in [0.25, 0.3) is 0 Å². The zero-order valence-electron chi connectivity index (χ0n) is 8.00. The van der Waals surface area contributed by atoms with Crippen LogP contribution < -0.4 is 9.47 Å². The third-order valence-electron chi connectivity index (χ3n) is 1.67. The molecule has 3 nitrogen and oxygen atoms in total. The van der Waals surface area contributed by atoms with Crippen molar-refractivity contribution < 1.29 is 9.47 Å². The second kappa shape index (κ2) is 4.73. The number of methoxy groups -OCH3 is 1. The molecule has 14 heavy (non-hydrogen) atoms. The third kappa shape index (κ3) is 2.09. The van der Waals surface area contributed by atoms with Gasteiger partial charge in [0, 0.05) is 12.1 Å². The van der Waals surface area contributed by atoms with Gasteiger partial charge in [0.15, 0.2) is 11.5 Å². The van der Waals surface area contributed by atoms with Crippen molar-refractivity contribution in [3.05, 3.63) is 22.7 Å². The molecule has 4 heteroatoms. The lowest BCUT2D eigenvalue weighted by Crippen LogP contribution is -1.96. The third-order valence-corrected chi connectivity index (χ3v) is 1.99. The molecule has 0 atom stereocenters. The summed E-state index contributed by atoms with van der Waals surface area (Å²) in [7, 11) is 1.52. The maximum atomic E-state index is 8.73. The summed E-state index contributed by atoms with van der Waals surface area (Å²) in [4.78, 5) is 0. The quantitative estimate of drug-likeness (QED) is 0.772. The van der Waals surface area contributed by atoms with Crippen molar-refractivity contribution in [2.75, 3.05) is 13.7 Å². The Labute approximate surface area is 87.8 Å². The first-order chi connectivity index (χ1) is 6.72. The Morgan fingerprint density at radius 1 is 1.43 bits per heavy atom. The molecular weight excluding hydrogens is 202 g/mol. The van der Waals surface area contributed by atoms with E-state index in [9.17, 15) is 0 Å². The van der Waals surface area contributed by atoms with Gasteiger partial charge in [0.2, 0.25) is 0 Å². The summed E-state index contributed by atoms with van der Waals surface area (Å²) in [5.41, 5.74) is 0.381. The van der Waals surface area contributed by atoms with Crippen molar-refractivity contribution in [3.63, 3.8) is 0 Å². The fourth-order valence-corrected chi connectivity index (χ4v) is 1.24. The van der Waals surface area contributed by atoms with E-state index >= 15 is 0 Å². The molecule has 0 bridgehead atoms. The summed E-state index contributed by atoms with van der Waals surface area (Å²) in [6.45, 7) is 2.39. The van der Waals surface area contributed by atoms with Crippen LogP contribution in [0.5, 0.6) is 11.5 Å². The van der Waals surface area contributed by atoms with E-state index in [0.717, 1.165) is 0 Å². The van der Waals surface area contributed by atoms with Crippen LogP contribution in [0.3, 0.4) is 0 Å². The van der Waals surface area contributed by atoms with Crippen molar-refractivity contribution in [1.29, 1.82) is 5.26 Å². The largest absolute Gasteiger partial charge is 0.493 e. The minimum atomic E-state index is 0.372. The lowest BCUT2D eigenvalue weighted by Gasteiger charge is -2.09. The number of nitrogens with zero attached hydrogens (tertiary/aromatic N) is 1. The predicted octanol–water partition coefficient (Wildman–Crippen LogP) is 2.62. The fraction of sp³-hybridized carbons (Fsp3) is 0.300. The Bertz CT molecular complexity index is 371. The average molecular weight is 212 g/mol. The Balaban J connectivity index is 3.18. The van der Waals surface area contributed by atoms with Crippen molar-refractivity contribution in [3.8, 4) is 17.6 Å². The van der Waals surface area contributed by atoms with E-state index in [0.29, 0.717) is 28.7 Å². The second-order valence-electron chi connectivity index (χ2n) is 2.53. The van der Waals surface area contributed by atoms with Crippen LogP contribution in [-0.2, 0) is 0 Å². The van der Waals surface area contributed by atoms with Gasteiger partial charge in [-0.3, -0.25) is 0 Å². The van der Waals surface area contributed by atoms with Gasteiger partial charge < -0.3 is 9.47 Å². The molecule has 0 aliphatic carbocycles. The predicted molar refractivity (Wildman–Crippen MR) is 53.9 cm³/mol. The Kier molecular flexibility index (Phi) is 3.61. The lowest BCUT2D eigenvalue weighted by molar-refractivity contribution is 0.311. The summed E-state index contributed by atoms with van der Waals surface area (Å²) >= 11 is 5.84. The van der Waals surface area contributed by atoms with Crippen molar-refractivity contribution in [2.45, 2.75) is 6.92 Å². The van der Waals surface area contributed by atoms with Crippen molar-refractivity contribution in [1.82, 2.24) is 0 Å². The first kappa shape index (κ1) is 10.7. The monoisotopic (exact) mass is 211 g/mol. The maximum Gasteiger partial charge on any atom is 0.162 e. The van der Waals surface area contributed by atoms with Gasteiger partial charge in [-0.1, -0.05) is 11.6 Å². The summed E-state index contributed by atoms with van der Waals surface area (Å²) in [6.07, 6.45) is 0. The van der Waals surface area contributed by atoms with E-state index in [1.165, 1.54) is 7.11 Å². The van der Waals surface area contributed by atoms with Gasteiger partial charge in [-0.2, -0.15) is 5.26 Å². The number of nitriles is 1. The van der Waals surface area contributed by atoms with E-state index in [-0.39, 0.29) is 0 Å². The summed E-state index contributed by atoms with van der Waals surface area (Å²) in [5, 5.41) is 9.10. The highest BCUT2D eigenvalue weighted by molar-refractivity contribution is 6.31. The standard InChI is InChI=1S/C10H10ClNO2/c1-3-14-10-5-8(11)7(6-12)4-9(10)13-2/h4-5H,3H2,1-2H3. The van der Waals surface area contributed by atoms with Crippen LogP contribution in [0.2, 0.25) is 5.02 Å². The van der Waals surface area contributed by atoms with Crippen molar-refractivity contribution >= 4 is 11.6 Å². The number of halogens is 1. The molecule has 0 aliphatic rings. The molecule has 0 amide bonds. The molecule has 0 aliphatic heterocycles. The second-order valence-corrected chi connectivity index (χ2v) is 2.93. The smallest absolute Gasteiger partial charge is 0.162 e. The average Bonchev–Trinajstić information content (AvgIpc) is 2.19. The van der Waals surface area contributed by atoms with Gasteiger partial charge in [-0.25, -0.2) is 0 Å². The van der Waals surface area contributed by atoms with Crippen LogP contribution >= 0.6 is 11.6 Å². The normalized spacial score (nSPS) is 9.29. The highest BCUT2D eigenvalue weighted by Gasteiger charge is 2.09. The minimum absolute atomic E-state index is 0.372. The molecule has 0 heterocycles. The summed E-state index contributed by atoms with van der Waals surface area (Å²) < 4.78 is 10.3. The van der Waals surface area contributed by atoms with E-state index in [2.05, 4.69) is 0 Å². The summed E-state index contributed by atoms with van der Waals surface area (Å²) in [6, 6.07) is 5.12. The first-order valence-corrected chi connectivity index (χ1v) is 4.51. The highest BCUT2D eigenvalue weighted by atomic mass is 35.5. The fourth-order valence-electron chi connectivity index (χ4n) is 1.05. The molecule has 0 N–H and O–H groups in total. The number of ether oxygens (including phenoxy) is 2. The van der Waals surface area contributed by atoms with Crippen LogP contribution in [0.4, 0.5) is 0 Å². The first-order valence-electron chi connectivity index (χ1n) is 4.13. The molecule has 0 fully saturated rings. The van der Waals surface area contributed by atoms with Crippen LogP contribution in [-0.4, -0.2) is 13.7 Å². The highest BCUT2D eigenvalue weighted by Crippen LogP contribution is 2.32. The number of rotatable bonds is 3. The Morgan fingerprint density at radius 3 is 2.64 bits per heavy atom. The topological polar surface area (TPSA) is 42.2 Å². The van der Waals surface area contributed by atoms with Crippen LogP contribution in [0.25, 0.3) is 0 Å². The van der Waals surface area contributed by atoms with Crippen LogP contribution in [0, 0.1) is 11.3 Å². The molecule has 0 radical (unpaired) electrons. The zero-order chi connectivity index (χ0) is 10.6. The summed E-state index contributed by atoms with van der Waals surface area (Å²) in [5.74, 6) is 1.08. The lowest BCUT2D eigenvalue weighted by atomic mass is 10.2. The SMILES string of the molecule is CCOc1cc(Cl)c(C#N)cc1OC. The van der Waals surface area contributed by atoms with Crippen LogP contribution in [0.1, 0.15) is 12.5 Å². The molecule has 0 saturated carbocycles. The van der Waals surface area contributed by atoms with E-state index < -0.39 is 0 Å². The Hall–Kier alpha value is -1.40. The molecule has 1 rings (SSSR count). The van der Waals surface area contributed by atoms with E-state index in [1.807, 2.05) is 13.0 Å². The van der Waals surface area contributed by atoms with Gasteiger partial charge >= 0.3 is 0 Å². The molecule has 0 spiro atoms.